The molecule has 0 heterocycles. The minimum absolute atomic E-state index is 0.302. The van der Waals surface area contributed by atoms with E-state index in [-0.39, 0.29) is 12.0 Å². The van der Waals surface area contributed by atoms with Gasteiger partial charge in [0.1, 0.15) is 5.75 Å². The molecule has 0 aliphatic carbocycles. The van der Waals surface area contributed by atoms with Crippen molar-refractivity contribution in [2.24, 2.45) is 0 Å². The maximum absolute atomic E-state index is 11.8. The Morgan fingerprint density at radius 1 is 1.00 bits per heavy atom. The molecule has 26 heavy (non-hydrogen) atoms. The Balaban J connectivity index is 1.65. The lowest BCUT2D eigenvalue weighted by molar-refractivity contribution is 0.0526. The van der Waals surface area contributed by atoms with E-state index >= 15 is 0 Å². The van der Waals surface area contributed by atoms with Gasteiger partial charge in [-0.1, -0.05) is 17.7 Å². The summed E-state index contributed by atoms with van der Waals surface area (Å²) in [5, 5.41) is 5.47. The van der Waals surface area contributed by atoms with E-state index in [0.29, 0.717) is 37.4 Å². The molecule has 0 aliphatic rings. The molecule has 0 atom stereocenters. The van der Waals surface area contributed by atoms with E-state index in [4.69, 9.17) is 9.47 Å². The van der Waals surface area contributed by atoms with E-state index in [2.05, 4.69) is 10.6 Å². The lowest BCUT2D eigenvalue weighted by Gasteiger charge is -2.09. The normalized spacial score (nSPS) is 10.1. The molecule has 2 aromatic rings. The first-order chi connectivity index (χ1) is 12.6. The smallest absolute Gasteiger partial charge is 0.338 e. The Hall–Kier alpha value is -3.02. The van der Waals surface area contributed by atoms with E-state index in [1.54, 1.807) is 31.2 Å². The number of rotatable bonds is 8. The summed E-state index contributed by atoms with van der Waals surface area (Å²) in [6.07, 6.45) is 0.698. The predicted molar refractivity (Wildman–Crippen MR) is 101 cm³/mol. The van der Waals surface area contributed by atoms with Gasteiger partial charge in [0.05, 0.1) is 18.8 Å². The maximum atomic E-state index is 11.8. The number of amides is 2. The van der Waals surface area contributed by atoms with E-state index in [0.717, 1.165) is 5.75 Å². The van der Waals surface area contributed by atoms with Gasteiger partial charge in [0.15, 0.2) is 0 Å². The van der Waals surface area contributed by atoms with Crippen molar-refractivity contribution in [1.29, 1.82) is 0 Å². The summed E-state index contributed by atoms with van der Waals surface area (Å²) in [7, 11) is 0. The lowest BCUT2D eigenvalue weighted by atomic mass is 10.2. The summed E-state index contributed by atoms with van der Waals surface area (Å²) in [5.41, 5.74) is 2.24. The van der Waals surface area contributed by atoms with Crippen LogP contribution in [0.3, 0.4) is 0 Å². The molecule has 6 heteroatoms. The van der Waals surface area contributed by atoms with Crippen molar-refractivity contribution in [2.45, 2.75) is 20.3 Å². The van der Waals surface area contributed by atoms with E-state index in [1.165, 1.54) is 5.56 Å². The van der Waals surface area contributed by atoms with E-state index < -0.39 is 0 Å². The molecule has 2 rings (SSSR count). The molecular weight excluding hydrogens is 332 g/mol. The molecule has 0 aliphatic heterocycles. The average molecular weight is 356 g/mol. The first-order valence-corrected chi connectivity index (χ1v) is 8.60. The van der Waals surface area contributed by atoms with Gasteiger partial charge in [0.2, 0.25) is 0 Å². The Labute approximate surface area is 153 Å². The quantitative estimate of drug-likeness (QED) is 0.558. The van der Waals surface area contributed by atoms with Gasteiger partial charge in [-0.2, -0.15) is 0 Å². The first-order valence-electron chi connectivity index (χ1n) is 8.60. The van der Waals surface area contributed by atoms with Crippen LogP contribution in [0.15, 0.2) is 48.5 Å². The van der Waals surface area contributed by atoms with Crippen molar-refractivity contribution in [3.05, 3.63) is 59.7 Å². The number of carbonyl (C=O) groups excluding carboxylic acids is 2. The Morgan fingerprint density at radius 2 is 1.69 bits per heavy atom. The number of benzene rings is 2. The zero-order valence-corrected chi connectivity index (χ0v) is 15.1. The fourth-order valence-electron chi connectivity index (χ4n) is 2.18. The van der Waals surface area contributed by atoms with Gasteiger partial charge in [-0.15, -0.1) is 0 Å². The molecule has 0 aromatic heterocycles. The molecule has 0 spiro atoms. The number of hydrogen-bond acceptors (Lipinski definition) is 4. The third-order valence-corrected chi connectivity index (χ3v) is 3.55. The van der Waals surface area contributed by atoms with Crippen LogP contribution in [0.5, 0.6) is 5.75 Å². The second-order valence-electron chi connectivity index (χ2n) is 5.69. The highest BCUT2D eigenvalue weighted by atomic mass is 16.5. The molecule has 138 valence electrons. The summed E-state index contributed by atoms with van der Waals surface area (Å²) < 4.78 is 10.5. The van der Waals surface area contributed by atoms with Crippen LogP contribution in [0, 0.1) is 6.92 Å². The number of esters is 1. The summed E-state index contributed by atoms with van der Waals surface area (Å²) >= 11 is 0. The highest BCUT2D eigenvalue weighted by Gasteiger charge is 2.06. The second-order valence-corrected chi connectivity index (χ2v) is 5.69. The molecule has 0 bridgehead atoms. The molecule has 2 N–H and O–H groups in total. The van der Waals surface area contributed by atoms with Gasteiger partial charge in [0, 0.05) is 12.2 Å². The predicted octanol–water partition coefficient (Wildman–Crippen LogP) is 3.76. The molecule has 6 nitrogen and oxygen atoms in total. The summed E-state index contributed by atoms with van der Waals surface area (Å²) in [4.78, 5) is 23.4. The van der Waals surface area contributed by atoms with Crippen LogP contribution in [-0.4, -0.2) is 31.8 Å². The monoisotopic (exact) mass is 356 g/mol. The topological polar surface area (TPSA) is 76.7 Å². The van der Waals surface area contributed by atoms with Crippen LogP contribution in [0.4, 0.5) is 10.5 Å². The molecule has 2 amide bonds. The van der Waals surface area contributed by atoms with Gasteiger partial charge in [-0.3, -0.25) is 0 Å². The van der Waals surface area contributed by atoms with Crippen molar-refractivity contribution >= 4 is 17.7 Å². The largest absolute Gasteiger partial charge is 0.494 e. The van der Waals surface area contributed by atoms with Crippen LogP contribution < -0.4 is 15.4 Å². The first kappa shape index (κ1) is 19.3. The molecule has 0 saturated heterocycles. The van der Waals surface area contributed by atoms with Crippen molar-refractivity contribution < 1.29 is 19.1 Å². The number of hydrogen-bond donors (Lipinski definition) is 2. The lowest BCUT2D eigenvalue weighted by Crippen LogP contribution is -2.30. The average Bonchev–Trinajstić information content (AvgIpc) is 2.64. The minimum Gasteiger partial charge on any atom is -0.494 e. The highest BCUT2D eigenvalue weighted by Crippen LogP contribution is 2.12. The second kappa shape index (κ2) is 10.1. The van der Waals surface area contributed by atoms with Crippen molar-refractivity contribution in [3.63, 3.8) is 0 Å². The number of carbonyl (C=O) groups is 2. The van der Waals surface area contributed by atoms with Gasteiger partial charge < -0.3 is 20.1 Å². The highest BCUT2D eigenvalue weighted by molar-refractivity contribution is 5.92. The molecule has 0 saturated carbocycles. The molecule has 0 unspecified atom stereocenters. The third kappa shape index (κ3) is 6.47. The van der Waals surface area contributed by atoms with Gasteiger partial charge in [-0.05, 0) is 56.7 Å². The van der Waals surface area contributed by atoms with Crippen molar-refractivity contribution in [2.75, 3.05) is 25.1 Å². The molecule has 0 fully saturated rings. The van der Waals surface area contributed by atoms with Gasteiger partial charge >= 0.3 is 12.0 Å². The number of anilines is 1. The third-order valence-electron chi connectivity index (χ3n) is 3.55. The Morgan fingerprint density at radius 3 is 2.35 bits per heavy atom. The van der Waals surface area contributed by atoms with Crippen LogP contribution in [0.25, 0.3) is 0 Å². The SMILES string of the molecule is CCOC(=O)c1ccc(NC(=O)NCCCOc2ccc(C)cc2)cc1. The van der Waals surface area contributed by atoms with Gasteiger partial charge in [0.25, 0.3) is 0 Å². The fraction of sp³-hybridized carbons (Fsp3) is 0.300. The zero-order valence-electron chi connectivity index (χ0n) is 15.1. The molecule has 2 aromatic carbocycles. The maximum Gasteiger partial charge on any atom is 0.338 e. The molecule has 0 radical (unpaired) electrons. The Bertz CT molecular complexity index is 712. The van der Waals surface area contributed by atoms with E-state index in [9.17, 15) is 9.59 Å². The Kier molecular flexibility index (Phi) is 7.49. The fourth-order valence-corrected chi connectivity index (χ4v) is 2.18. The standard InChI is InChI=1S/C20H24N2O4/c1-3-25-19(23)16-7-9-17(10-8-16)22-20(24)21-13-4-14-26-18-11-5-15(2)6-12-18/h5-12H,3-4,13-14H2,1-2H3,(H2,21,22,24). The number of aryl methyl sites for hydroxylation is 1. The van der Waals surface area contributed by atoms with Crippen molar-refractivity contribution in [1.82, 2.24) is 5.32 Å². The zero-order chi connectivity index (χ0) is 18.8. The summed E-state index contributed by atoms with van der Waals surface area (Å²) in [6, 6.07) is 14.1. The van der Waals surface area contributed by atoms with Gasteiger partial charge in [-0.25, -0.2) is 9.59 Å². The van der Waals surface area contributed by atoms with Crippen LogP contribution >= 0.6 is 0 Å². The minimum atomic E-state index is -0.378. The number of urea groups is 1. The summed E-state index contributed by atoms with van der Waals surface area (Å²) in [5.74, 6) is 0.443. The van der Waals surface area contributed by atoms with Crippen molar-refractivity contribution in [3.8, 4) is 5.75 Å². The summed E-state index contributed by atoms with van der Waals surface area (Å²) in [6.45, 7) is 5.13. The van der Waals surface area contributed by atoms with Crippen LogP contribution in [0.1, 0.15) is 29.3 Å². The number of ether oxygens (including phenoxy) is 2. The van der Waals surface area contributed by atoms with E-state index in [1.807, 2.05) is 31.2 Å². The number of nitrogens with one attached hydrogen (secondary N) is 2. The molecular formula is C20H24N2O4. The van der Waals surface area contributed by atoms with Crippen LogP contribution in [-0.2, 0) is 4.74 Å². The van der Waals surface area contributed by atoms with Crippen LogP contribution in [0.2, 0.25) is 0 Å².